The molecule has 5 nitrogen and oxygen atoms in total. The summed E-state index contributed by atoms with van der Waals surface area (Å²) in [5.41, 5.74) is 2.35. The van der Waals surface area contributed by atoms with Crippen LogP contribution in [0.4, 0.5) is 0 Å². The van der Waals surface area contributed by atoms with Crippen molar-refractivity contribution in [3.05, 3.63) is 53.4 Å². The van der Waals surface area contributed by atoms with Crippen molar-refractivity contribution in [3.8, 4) is 0 Å². The Kier molecular flexibility index (Phi) is 7.21. The first-order valence-corrected chi connectivity index (χ1v) is 11.7. The molecule has 2 fully saturated rings. The lowest BCUT2D eigenvalue weighted by Gasteiger charge is -2.32. The van der Waals surface area contributed by atoms with Crippen LogP contribution >= 0.6 is 0 Å². The number of piperidine rings is 1. The van der Waals surface area contributed by atoms with Crippen molar-refractivity contribution in [2.45, 2.75) is 76.2 Å². The highest BCUT2D eigenvalue weighted by Gasteiger charge is 2.26. The molecule has 1 aromatic carbocycles. The highest BCUT2D eigenvalue weighted by molar-refractivity contribution is 5.91. The summed E-state index contributed by atoms with van der Waals surface area (Å²) in [6, 6.07) is 12.9. The minimum atomic E-state index is -0.106. The van der Waals surface area contributed by atoms with Crippen LogP contribution in [0.3, 0.4) is 0 Å². The lowest BCUT2D eigenvalue weighted by molar-refractivity contribution is 0.0890. The topological polar surface area (TPSA) is 58.4 Å². The SMILES string of the molecule is C[C@H](CCN1CCC[C@H](c2cc(C(=O)NC3CCCCC3)on2)C1)c1ccccc1. The molecule has 1 aromatic heterocycles. The summed E-state index contributed by atoms with van der Waals surface area (Å²) in [7, 11) is 0. The first-order chi connectivity index (χ1) is 14.7. The average molecular weight is 410 g/mol. The van der Waals surface area contributed by atoms with Crippen LogP contribution < -0.4 is 5.32 Å². The van der Waals surface area contributed by atoms with E-state index in [0.29, 0.717) is 17.6 Å². The van der Waals surface area contributed by atoms with Crippen LogP contribution in [0.25, 0.3) is 0 Å². The van der Waals surface area contributed by atoms with Crippen molar-refractivity contribution in [3.63, 3.8) is 0 Å². The molecule has 162 valence electrons. The molecule has 2 aliphatic rings. The van der Waals surface area contributed by atoms with Gasteiger partial charge in [0, 0.05) is 24.6 Å². The molecule has 0 spiro atoms. The van der Waals surface area contributed by atoms with Crippen LogP contribution in [0.5, 0.6) is 0 Å². The van der Waals surface area contributed by atoms with E-state index < -0.39 is 0 Å². The molecule has 1 saturated carbocycles. The normalized spacial score (nSPS) is 22.0. The molecule has 2 aromatic rings. The molecule has 1 saturated heterocycles. The number of carbonyl (C=O) groups excluding carboxylic acids is 1. The van der Waals surface area contributed by atoms with Crippen LogP contribution in [-0.4, -0.2) is 41.6 Å². The van der Waals surface area contributed by atoms with E-state index >= 15 is 0 Å². The maximum Gasteiger partial charge on any atom is 0.290 e. The second-order valence-electron chi connectivity index (χ2n) is 9.16. The van der Waals surface area contributed by atoms with Gasteiger partial charge >= 0.3 is 0 Å². The third kappa shape index (κ3) is 5.51. The molecule has 30 heavy (non-hydrogen) atoms. The third-order valence-corrected chi connectivity index (χ3v) is 6.86. The maximum absolute atomic E-state index is 12.5. The van der Waals surface area contributed by atoms with Gasteiger partial charge in [-0.15, -0.1) is 0 Å². The van der Waals surface area contributed by atoms with Gasteiger partial charge in [-0.05, 0) is 56.7 Å². The first kappa shape index (κ1) is 21.1. The molecule has 0 unspecified atom stereocenters. The number of hydrogen-bond donors (Lipinski definition) is 1. The Hall–Kier alpha value is -2.14. The predicted octanol–water partition coefficient (Wildman–Crippen LogP) is 5.11. The fourth-order valence-electron chi connectivity index (χ4n) is 4.92. The number of benzene rings is 1. The zero-order valence-electron chi connectivity index (χ0n) is 18.2. The molecule has 0 bridgehead atoms. The van der Waals surface area contributed by atoms with Gasteiger partial charge in [0.05, 0.1) is 5.69 Å². The van der Waals surface area contributed by atoms with Gasteiger partial charge in [0.1, 0.15) is 0 Å². The molecule has 1 N–H and O–H groups in total. The minimum Gasteiger partial charge on any atom is -0.351 e. The largest absolute Gasteiger partial charge is 0.351 e. The van der Waals surface area contributed by atoms with Crippen molar-refractivity contribution in [2.24, 2.45) is 0 Å². The maximum atomic E-state index is 12.5. The molecular weight excluding hydrogens is 374 g/mol. The number of amides is 1. The van der Waals surface area contributed by atoms with E-state index in [2.05, 4.69) is 52.6 Å². The standard InChI is InChI=1S/C25H35N3O2/c1-19(20-9-4-2-5-10-20)14-16-28-15-8-11-21(18-28)23-17-24(30-27-23)25(29)26-22-12-6-3-7-13-22/h2,4-5,9-10,17,19,21-22H,3,6-8,11-16,18H2,1H3,(H,26,29)/t19-,21+/m1/s1. The zero-order valence-corrected chi connectivity index (χ0v) is 18.2. The van der Waals surface area contributed by atoms with Crippen LogP contribution in [0.1, 0.15) is 91.9 Å². The number of nitrogens with one attached hydrogen (secondary N) is 1. The summed E-state index contributed by atoms with van der Waals surface area (Å²) in [5, 5.41) is 7.39. The second-order valence-corrected chi connectivity index (χ2v) is 9.16. The molecule has 2 atom stereocenters. The number of likely N-dealkylation sites (tertiary alicyclic amines) is 1. The Bertz CT molecular complexity index is 798. The molecule has 5 heteroatoms. The van der Waals surface area contributed by atoms with Gasteiger partial charge in [-0.25, -0.2) is 0 Å². The molecule has 0 radical (unpaired) electrons. The molecule has 1 amide bonds. The Morgan fingerprint density at radius 1 is 1.17 bits per heavy atom. The molecule has 4 rings (SSSR count). The lowest BCUT2D eigenvalue weighted by Crippen LogP contribution is -2.36. The Balaban J connectivity index is 1.28. The van der Waals surface area contributed by atoms with E-state index in [1.165, 1.54) is 31.2 Å². The number of aromatic nitrogens is 1. The van der Waals surface area contributed by atoms with Gasteiger partial charge < -0.3 is 14.7 Å². The second kappa shape index (κ2) is 10.3. The van der Waals surface area contributed by atoms with Crippen LogP contribution in [0.2, 0.25) is 0 Å². The van der Waals surface area contributed by atoms with E-state index in [9.17, 15) is 4.79 Å². The molecule has 1 aliphatic carbocycles. The fourth-order valence-corrected chi connectivity index (χ4v) is 4.92. The van der Waals surface area contributed by atoms with Crippen LogP contribution in [-0.2, 0) is 0 Å². The van der Waals surface area contributed by atoms with Gasteiger partial charge in [0.25, 0.3) is 5.91 Å². The summed E-state index contributed by atoms with van der Waals surface area (Å²) in [6.07, 6.45) is 9.27. The number of hydrogen-bond acceptors (Lipinski definition) is 4. The van der Waals surface area contributed by atoms with E-state index in [-0.39, 0.29) is 11.9 Å². The number of nitrogens with zero attached hydrogens (tertiary/aromatic N) is 2. The van der Waals surface area contributed by atoms with Crippen molar-refractivity contribution < 1.29 is 9.32 Å². The van der Waals surface area contributed by atoms with Crippen molar-refractivity contribution in [2.75, 3.05) is 19.6 Å². The van der Waals surface area contributed by atoms with Crippen molar-refractivity contribution >= 4 is 5.91 Å². The molecular formula is C25H35N3O2. The Labute approximate surface area is 180 Å². The quantitative estimate of drug-likeness (QED) is 0.690. The van der Waals surface area contributed by atoms with E-state index in [1.807, 2.05) is 6.07 Å². The smallest absolute Gasteiger partial charge is 0.290 e. The summed E-state index contributed by atoms with van der Waals surface area (Å²) in [6.45, 7) is 5.55. The highest BCUT2D eigenvalue weighted by Crippen LogP contribution is 2.28. The van der Waals surface area contributed by atoms with Crippen LogP contribution in [0, 0.1) is 0 Å². The summed E-state index contributed by atoms with van der Waals surface area (Å²) in [4.78, 5) is 15.1. The van der Waals surface area contributed by atoms with Crippen molar-refractivity contribution in [1.29, 1.82) is 0 Å². The van der Waals surface area contributed by atoms with Gasteiger partial charge in [0.2, 0.25) is 5.76 Å². The molecule has 2 heterocycles. The first-order valence-electron chi connectivity index (χ1n) is 11.7. The van der Waals surface area contributed by atoms with Crippen LogP contribution in [0.15, 0.2) is 40.9 Å². The van der Waals surface area contributed by atoms with Gasteiger partial charge in [-0.3, -0.25) is 4.79 Å². The number of rotatable bonds is 7. The number of carbonyl (C=O) groups is 1. The lowest BCUT2D eigenvalue weighted by atomic mass is 9.93. The Morgan fingerprint density at radius 2 is 1.97 bits per heavy atom. The third-order valence-electron chi connectivity index (χ3n) is 6.86. The minimum absolute atomic E-state index is 0.106. The average Bonchev–Trinajstić information content (AvgIpc) is 3.30. The van der Waals surface area contributed by atoms with Gasteiger partial charge in [-0.1, -0.05) is 61.7 Å². The van der Waals surface area contributed by atoms with Gasteiger partial charge in [0.15, 0.2) is 0 Å². The summed E-state index contributed by atoms with van der Waals surface area (Å²) < 4.78 is 5.43. The summed E-state index contributed by atoms with van der Waals surface area (Å²) >= 11 is 0. The highest BCUT2D eigenvalue weighted by atomic mass is 16.5. The van der Waals surface area contributed by atoms with E-state index in [4.69, 9.17) is 4.52 Å². The zero-order chi connectivity index (χ0) is 20.8. The molecule has 1 aliphatic heterocycles. The Morgan fingerprint density at radius 3 is 2.77 bits per heavy atom. The van der Waals surface area contributed by atoms with Gasteiger partial charge in [-0.2, -0.15) is 0 Å². The van der Waals surface area contributed by atoms with E-state index in [0.717, 1.165) is 51.0 Å². The monoisotopic (exact) mass is 409 g/mol. The summed E-state index contributed by atoms with van der Waals surface area (Å²) in [5.74, 6) is 1.18. The fraction of sp³-hybridized carbons (Fsp3) is 0.600. The van der Waals surface area contributed by atoms with E-state index in [1.54, 1.807) is 0 Å². The van der Waals surface area contributed by atoms with Crippen molar-refractivity contribution in [1.82, 2.24) is 15.4 Å². The predicted molar refractivity (Wildman–Crippen MR) is 119 cm³/mol.